The van der Waals surface area contributed by atoms with Crippen molar-refractivity contribution >= 4 is 17.3 Å². The van der Waals surface area contributed by atoms with Gasteiger partial charge in [-0.15, -0.1) is 0 Å². The number of rotatable bonds is 1. The molecule has 1 amide bonds. The van der Waals surface area contributed by atoms with E-state index in [0.29, 0.717) is 5.92 Å². The Kier molecular flexibility index (Phi) is 2.64. The van der Waals surface area contributed by atoms with Gasteiger partial charge in [0.25, 0.3) is 5.91 Å². The Bertz CT molecular complexity index is 463. The molecule has 1 aromatic rings. The van der Waals surface area contributed by atoms with Gasteiger partial charge in [0, 0.05) is 7.05 Å². The van der Waals surface area contributed by atoms with Crippen molar-refractivity contribution in [1.82, 2.24) is 0 Å². The molecule has 0 saturated heterocycles. The Morgan fingerprint density at radius 2 is 1.94 bits per heavy atom. The number of fused-ring (bicyclic) bond motifs is 1. The Hall–Kier alpha value is -1.51. The Morgan fingerprint density at radius 1 is 1.29 bits per heavy atom. The summed E-state index contributed by atoms with van der Waals surface area (Å²) >= 11 is 0. The molecule has 1 N–H and O–H groups in total. The van der Waals surface area contributed by atoms with Crippen LogP contribution in [0.1, 0.15) is 39.2 Å². The summed E-state index contributed by atoms with van der Waals surface area (Å²) in [5.41, 5.74) is 2.76. The smallest absolute Gasteiger partial charge is 0.251 e. The van der Waals surface area contributed by atoms with Crippen LogP contribution in [-0.4, -0.2) is 18.5 Å². The molecule has 0 spiro atoms. The third-order valence-corrected chi connectivity index (χ3v) is 3.34. The van der Waals surface area contributed by atoms with Crippen molar-refractivity contribution in [2.45, 2.75) is 39.2 Å². The molecular formula is C14H20N2O. The Labute approximate surface area is 103 Å². The highest BCUT2D eigenvalue weighted by Crippen LogP contribution is 2.36. The number of carbonyl (C=O) groups is 1. The number of amides is 1. The van der Waals surface area contributed by atoms with Gasteiger partial charge in [-0.1, -0.05) is 19.9 Å². The number of benzene rings is 1. The van der Waals surface area contributed by atoms with E-state index in [1.165, 1.54) is 5.56 Å². The van der Waals surface area contributed by atoms with Crippen molar-refractivity contribution in [3.05, 3.63) is 23.8 Å². The van der Waals surface area contributed by atoms with Gasteiger partial charge in [0.2, 0.25) is 0 Å². The lowest BCUT2D eigenvalue weighted by Crippen LogP contribution is -2.52. The van der Waals surface area contributed by atoms with Crippen LogP contribution >= 0.6 is 0 Å². The maximum absolute atomic E-state index is 12.1. The van der Waals surface area contributed by atoms with Gasteiger partial charge >= 0.3 is 0 Å². The first kappa shape index (κ1) is 12.0. The maximum atomic E-state index is 12.1. The average molecular weight is 232 g/mol. The van der Waals surface area contributed by atoms with Crippen LogP contribution in [0, 0.1) is 0 Å². The normalized spacial score (nSPS) is 18.0. The van der Waals surface area contributed by atoms with E-state index in [9.17, 15) is 4.79 Å². The van der Waals surface area contributed by atoms with Gasteiger partial charge in [0.05, 0.1) is 11.4 Å². The van der Waals surface area contributed by atoms with E-state index in [0.717, 1.165) is 11.4 Å². The third kappa shape index (κ3) is 1.90. The predicted molar refractivity (Wildman–Crippen MR) is 71.6 cm³/mol. The van der Waals surface area contributed by atoms with E-state index < -0.39 is 5.54 Å². The van der Waals surface area contributed by atoms with Crippen molar-refractivity contribution in [2.75, 3.05) is 17.3 Å². The lowest BCUT2D eigenvalue weighted by atomic mass is 9.95. The zero-order chi connectivity index (χ0) is 12.8. The molecule has 0 aromatic heterocycles. The van der Waals surface area contributed by atoms with Gasteiger partial charge in [-0.3, -0.25) is 4.79 Å². The summed E-state index contributed by atoms with van der Waals surface area (Å²) in [4.78, 5) is 13.8. The first-order valence-corrected chi connectivity index (χ1v) is 6.03. The van der Waals surface area contributed by atoms with Crippen molar-refractivity contribution in [2.24, 2.45) is 0 Å². The molecule has 0 unspecified atom stereocenters. The quantitative estimate of drug-likeness (QED) is 0.807. The third-order valence-electron chi connectivity index (χ3n) is 3.34. The Balaban J connectivity index is 2.50. The second kappa shape index (κ2) is 3.76. The molecule has 1 heterocycles. The molecule has 0 radical (unpaired) electrons. The summed E-state index contributed by atoms with van der Waals surface area (Å²) in [7, 11) is 1.83. The van der Waals surface area contributed by atoms with Crippen LogP contribution in [0.15, 0.2) is 18.2 Å². The number of nitrogens with one attached hydrogen (secondary N) is 1. The highest BCUT2D eigenvalue weighted by Gasteiger charge is 2.36. The summed E-state index contributed by atoms with van der Waals surface area (Å²) in [5, 5.41) is 3.32. The zero-order valence-electron chi connectivity index (χ0n) is 11.2. The molecule has 1 aliphatic heterocycles. The number of likely N-dealkylation sites (N-methyl/N-ethyl adjacent to an activating group) is 1. The van der Waals surface area contributed by atoms with Gasteiger partial charge in [-0.25, -0.2) is 0 Å². The van der Waals surface area contributed by atoms with Crippen LogP contribution in [-0.2, 0) is 4.79 Å². The molecule has 3 heteroatoms. The standard InChI is InChI=1S/C14H20N2O/c1-9(2)10-6-7-12-11(8-10)15-14(3,4)13(17)16(12)5/h6-9,15H,1-5H3. The predicted octanol–water partition coefficient (Wildman–Crippen LogP) is 2.98. The summed E-state index contributed by atoms with van der Waals surface area (Å²) < 4.78 is 0. The molecule has 1 aliphatic rings. The molecule has 1 aromatic carbocycles. The first-order valence-electron chi connectivity index (χ1n) is 6.03. The van der Waals surface area contributed by atoms with Crippen LogP contribution in [0.2, 0.25) is 0 Å². The molecule has 0 saturated carbocycles. The molecule has 17 heavy (non-hydrogen) atoms. The molecule has 3 nitrogen and oxygen atoms in total. The molecular weight excluding hydrogens is 212 g/mol. The number of hydrogen-bond acceptors (Lipinski definition) is 2. The SMILES string of the molecule is CC(C)c1ccc2c(c1)NC(C)(C)C(=O)N2C. The fraction of sp³-hybridized carbons (Fsp3) is 0.500. The largest absolute Gasteiger partial charge is 0.370 e. The second-order valence-electron chi connectivity index (χ2n) is 5.55. The number of carbonyl (C=O) groups excluding carboxylic acids is 1. The van der Waals surface area contributed by atoms with Gasteiger partial charge in [-0.2, -0.15) is 0 Å². The van der Waals surface area contributed by atoms with Crippen LogP contribution in [0.5, 0.6) is 0 Å². The monoisotopic (exact) mass is 232 g/mol. The van der Waals surface area contributed by atoms with E-state index in [1.807, 2.05) is 27.0 Å². The summed E-state index contributed by atoms with van der Waals surface area (Å²) in [6.07, 6.45) is 0. The van der Waals surface area contributed by atoms with Crippen molar-refractivity contribution in [1.29, 1.82) is 0 Å². The van der Waals surface area contributed by atoms with Crippen molar-refractivity contribution in [3.63, 3.8) is 0 Å². The van der Waals surface area contributed by atoms with Gasteiger partial charge < -0.3 is 10.2 Å². The molecule has 0 atom stereocenters. The molecule has 92 valence electrons. The fourth-order valence-electron chi connectivity index (χ4n) is 2.22. The molecule has 0 fully saturated rings. The van der Waals surface area contributed by atoms with Crippen molar-refractivity contribution in [3.8, 4) is 0 Å². The number of hydrogen-bond donors (Lipinski definition) is 1. The maximum Gasteiger partial charge on any atom is 0.251 e. The van der Waals surface area contributed by atoms with Crippen LogP contribution in [0.25, 0.3) is 0 Å². The van der Waals surface area contributed by atoms with Gasteiger partial charge in [0.15, 0.2) is 0 Å². The number of anilines is 2. The minimum Gasteiger partial charge on any atom is -0.370 e. The molecule has 0 bridgehead atoms. The molecule has 0 aliphatic carbocycles. The van der Waals surface area contributed by atoms with Gasteiger partial charge in [0.1, 0.15) is 5.54 Å². The average Bonchev–Trinajstić information content (AvgIpc) is 2.25. The first-order chi connectivity index (χ1) is 7.83. The van der Waals surface area contributed by atoms with E-state index in [2.05, 4.69) is 31.3 Å². The molecule has 2 rings (SSSR count). The van der Waals surface area contributed by atoms with E-state index in [-0.39, 0.29) is 5.91 Å². The second-order valence-corrected chi connectivity index (χ2v) is 5.55. The summed E-state index contributed by atoms with van der Waals surface area (Å²) in [6.45, 7) is 8.17. The van der Waals surface area contributed by atoms with E-state index in [4.69, 9.17) is 0 Å². The van der Waals surface area contributed by atoms with Crippen molar-refractivity contribution < 1.29 is 4.79 Å². The summed E-state index contributed by atoms with van der Waals surface area (Å²) in [6, 6.07) is 6.25. The lowest BCUT2D eigenvalue weighted by molar-refractivity contribution is -0.121. The lowest BCUT2D eigenvalue weighted by Gasteiger charge is -2.38. The van der Waals surface area contributed by atoms with Crippen LogP contribution in [0.4, 0.5) is 11.4 Å². The minimum absolute atomic E-state index is 0.0993. The van der Waals surface area contributed by atoms with Crippen LogP contribution < -0.4 is 10.2 Å². The van der Waals surface area contributed by atoms with E-state index >= 15 is 0 Å². The van der Waals surface area contributed by atoms with E-state index in [1.54, 1.807) is 4.90 Å². The highest BCUT2D eigenvalue weighted by molar-refractivity contribution is 6.07. The number of nitrogens with zero attached hydrogens (tertiary/aromatic N) is 1. The minimum atomic E-state index is -0.530. The fourth-order valence-corrected chi connectivity index (χ4v) is 2.22. The topological polar surface area (TPSA) is 32.3 Å². The van der Waals surface area contributed by atoms with Gasteiger partial charge in [-0.05, 0) is 37.5 Å². The highest BCUT2D eigenvalue weighted by atomic mass is 16.2. The summed E-state index contributed by atoms with van der Waals surface area (Å²) in [5.74, 6) is 0.593. The zero-order valence-corrected chi connectivity index (χ0v) is 11.2. The van der Waals surface area contributed by atoms with Crippen LogP contribution in [0.3, 0.4) is 0 Å². The Morgan fingerprint density at radius 3 is 2.53 bits per heavy atom.